The highest BCUT2D eigenvalue weighted by molar-refractivity contribution is 5.60. The predicted molar refractivity (Wildman–Crippen MR) is 105 cm³/mol. The van der Waals surface area contributed by atoms with Gasteiger partial charge in [-0.05, 0) is 49.1 Å². The molecule has 6 heteroatoms. The minimum atomic E-state index is 0.633. The zero-order valence-electron chi connectivity index (χ0n) is 15.4. The summed E-state index contributed by atoms with van der Waals surface area (Å²) in [6.07, 6.45) is 4.37. The van der Waals surface area contributed by atoms with Gasteiger partial charge in [-0.3, -0.25) is 0 Å². The van der Waals surface area contributed by atoms with Gasteiger partial charge in [0, 0.05) is 43.8 Å². The molecule has 0 amide bonds. The largest absolute Gasteiger partial charge is 0.378 e. The quantitative estimate of drug-likeness (QED) is 0.910. The van der Waals surface area contributed by atoms with Crippen molar-refractivity contribution in [3.05, 3.63) is 36.5 Å². The molecule has 2 aromatic rings. The number of anilines is 4. The molecule has 6 nitrogen and oxygen atoms in total. The first kappa shape index (κ1) is 17.1. The Balaban J connectivity index is 1.41. The van der Waals surface area contributed by atoms with Gasteiger partial charge in [-0.1, -0.05) is 6.92 Å². The SMILES string of the molecule is CC1CCN(c2ccc(Nc3nccc(N4CCOCC4)n3)cc2)CC1. The van der Waals surface area contributed by atoms with Gasteiger partial charge >= 0.3 is 0 Å². The molecule has 0 aliphatic carbocycles. The van der Waals surface area contributed by atoms with E-state index in [-0.39, 0.29) is 0 Å². The van der Waals surface area contributed by atoms with Gasteiger partial charge in [0.05, 0.1) is 13.2 Å². The average Bonchev–Trinajstić information content (AvgIpc) is 2.70. The number of ether oxygens (including phenoxy) is 1. The third kappa shape index (κ3) is 4.07. The minimum absolute atomic E-state index is 0.633. The Morgan fingerprint density at radius 3 is 2.42 bits per heavy atom. The number of rotatable bonds is 4. The van der Waals surface area contributed by atoms with Crippen molar-refractivity contribution in [2.24, 2.45) is 5.92 Å². The van der Waals surface area contributed by atoms with Crippen molar-refractivity contribution in [3.63, 3.8) is 0 Å². The standard InChI is InChI=1S/C20H27N5O/c1-16-7-10-24(11-8-16)18-4-2-17(3-5-18)22-20-21-9-6-19(23-20)25-12-14-26-15-13-25/h2-6,9,16H,7-8,10-15H2,1H3,(H,21,22,23). The maximum absolute atomic E-state index is 5.41. The van der Waals surface area contributed by atoms with Crippen molar-refractivity contribution in [2.75, 3.05) is 54.5 Å². The van der Waals surface area contributed by atoms with E-state index in [0.717, 1.165) is 56.8 Å². The normalized spacial score (nSPS) is 18.8. The maximum atomic E-state index is 5.41. The number of nitrogens with one attached hydrogen (secondary N) is 1. The van der Waals surface area contributed by atoms with Crippen LogP contribution in [-0.2, 0) is 4.74 Å². The van der Waals surface area contributed by atoms with Crippen LogP contribution >= 0.6 is 0 Å². The van der Waals surface area contributed by atoms with E-state index in [1.165, 1.54) is 18.5 Å². The van der Waals surface area contributed by atoms with Crippen LogP contribution in [0.2, 0.25) is 0 Å². The van der Waals surface area contributed by atoms with Crippen LogP contribution in [0.3, 0.4) is 0 Å². The Bertz CT molecular complexity index is 706. The second kappa shape index (κ2) is 7.91. The van der Waals surface area contributed by atoms with Gasteiger partial charge < -0.3 is 19.9 Å². The van der Waals surface area contributed by atoms with Crippen LogP contribution < -0.4 is 15.1 Å². The average molecular weight is 353 g/mol. The van der Waals surface area contributed by atoms with Gasteiger partial charge in [-0.25, -0.2) is 4.98 Å². The lowest BCUT2D eigenvalue weighted by Gasteiger charge is -2.32. The Hall–Kier alpha value is -2.34. The fraction of sp³-hybridized carbons (Fsp3) is 0.500. The molecule has 2 fully saturated rings. The lowest BCUT2D eigenvalue weighted by molar-refractivity contribution is 0.122. The summed E-state index contributed by atoms with van der Waals surface area (Å²) in [4.78, 5) is 13.7. The van der Waals surface area contributed by atoms with Crippen molar-refractivity contribution in [3.8, 4) is 0 Å². The number of piperidine rings is 1. The van der Waals surface area contributed by atoms with Gasteiger partial charge in [0.2, 0.25) is 5.95 Å². The topological polar surface area (TPSA) is 53.5 Å². The molecule has 1 aromatic heterocycles. The molecule has 2 aliphatic rings. The van der Waals surface area contributed by atoms with Crippen molar-refractivity contribution in [2.45, 2.75) is 19.8 Å². The van der Waals surface area contributed by atoms with Crippen LogP contribution in [0.15, 0.2) is 36.5 Å². The molecule has 4 rings (SSSR count). The van der Waals surface area contributed by atoms with Crippen LogP contribution in [0.4, 0.5) is 23.1 Å². The number of hydrogen-bond acceptors (Lipinski definition) is 6. The summed E-state index contributed by atoms with van der Waals surface area (Å²) < 4.78 is 5.41. The lowest BCUT2D eigenvalue weighted by Crippen LogP contribution is -2.36. The molecule has 2 saturated heterocycles. The van der Waals surface area contributed by atoms with Crippen LogP contribution in [0.25, 0.3) is 0 Å². The molecule has 0 spiro atoms. The zero-order chi connectivity index (χ0) is 17.8. The molecule has 0 atom stereocenters. The van der Waals surface area contributed by atoms with E-state index >= 15 is 0 Å². The Kier molecular flexibility index (Phi) is 5.20. The number of aromatic nitrogens is 2. The molecule has 0 radical (unpaired) electrons. The highest BCUT2D eigenvalue weighted by atomic mass is 16.5. The van der Waals surface area contributed by atoms with Gasteiger partial charge in [0.15, 0.2) is 0 Å². The van der Waals surface area contributed by atoms with Crippen LogP contribution in [0.5, 0.6) is 0 Å². The van der Waals surface area contributed by atoms with Gasteiger partial charge in [0.1, 0.15) is 5.82 Å². The monoisotopic (exact) mass is 353 g/mol. The fourth-order valence-electron chi connectivity index (χ4n) is 3.53. The predicted octanol–water partition coefficient (Wildman–Crippen LogP) is 3.29. The van der Waals surface area contributed by atoms with E-state index in [0.29, 0.717) is 5.95 Å². The molecule has 2 aliphatic heterocycles. The number of hydrogen-bond donors (Lipinski definition) is 1. The van der Waals surface area contributed by atoms with E-state index in [1.807, 2.05) is 12.3 Å². The van der Waals surface area contributed by atoms with E-state index < -0.39 is 0 Å². The first-order valence-corrected chi connectivity index (χ1v) is 9.56. The number of benzene rings is 1. The summed E-state index contributed by atoms with van der Waals surface area (Å²) in [6, 6.07) is 10.5. The maximum Gasteiger partial charge on any atom is 0.229 e. The molecule has 1 aromatic carbocycles. The molecule has 3 heterocycles. The first-order chi connectivity index (χ1) is 12.8. The lowest BCUT2D eigenvalue weighted by atomic mass is 9.99. The zero-order valence-corrected chi connectivity index (χ0v) is 15.4. The fourth-order valence-corrected chi connectivity index (χ4v) is 3.53. The summed E-state index contributed by atoms with van der Waals surface area (Å²) >= 11 is 0. The molecule has 138 valence electrons. The van der Waals surface area contributed by atoms with Crippen molar-refractivity contribution in [1.82, 2.24) is 9.97 Å². The second-order valence-electron chi connectivity index (χ2n) is 7.18. The summed E-state index contributed by atoms with van der Waals surface area (Å²) in [7, 11) is 0. The molecule has 1 N–H and O–H groups in total. The summed E-state index contributed by atoms with van der Waals surface area (Å²) in [5, 5.41) is 3.32. The van der Waals surface area contributed by atoms with Crippen LogP contribution in [-0.4, -0.2) is 49.4 Å². The van der Waals surface area contributed by atoms with E-state index in [1.54, 1.807) is 0 Å². The van der Waals surface area contributed by atoms with Gasteiger partial charge in [-0.15, -0.1) is 0 Å². The summed E-state index contributed by atoms with van der Waals surface area (Å²) in [6.45, 7) is 7.90. The van der Waals surface area contributed by atoms with Gasteiger partial charge in [-0.2, -0.15) is 4.98 Å². The van der Waals surface area contributed by atoms with Crippen molar-refractivity contribution < 1.29 is 4.74 Å². The smallest absolute Gasteiger partial charge is 0.229 e. The summed E-state index contributed by atoms with van der Waals surface area (Å²) in [5.41, 5.74) is 2.31. The minimum Gasteiger partial charge on any atom is -0.378 e. The summed E-state index contributed by atoms with van der Waals surface area (Å²) in [5.74, 6) is 2.43. The first-order valence-electron chi connectivity index (χ1n) is 9.56. The Labute approximate surface area is 155 Å². The molecular formula is C20H27N5O. The third-order valence-corrected chi connectivity index (χ3v) is 5.25. The van der Waals surface area contributed by atoms with Gasteiger partial charge in [0.25, 0.3) is 0 Å². The molecule has 0 bridgehead atoms. The van der Waals surface area contributed by atoms with E-state index in [9.17, 15) is 0 Å². The second-order valence-corrected chi connectivity index (χ2v) is 7.18. The van der Waals surface area contributed by atoms with Crippen LogP contribution in [0.1, 0.15) is 19.8 Å². The third-order valence-electron chi connectivity index (χ3n) is 5.25. The van der Waals surface area contributed by atoms with E-state index in [2.05, 4.69) is 56.3 Å². The molecule has 0 unspecified atom stereocenters. The Morgan fingerprint density at radius 1 is 0.962 bits per heavy atom. The highest BCUT2D eigenvalue weighted by Crippen LogP contribution is 2.25. The number of nitrogens with zero attached hydrogens (tertiary/aromatic N) is 4. The molecule has 0 saturated carbocycles. The van der Waals surface area contributed by atoms with Crippen molar-refractivity contribution in [1.29, 1.82) is 0 Å². The van der Waals surface area contributed by atoms with E-state index in [4.69, 9.17) is 4.74 Å². The van der Waals surface area contributed by atoms with Crippen LogP contribution in [0, 0.1) is 5.92 Å². The Morgan fingerprint density at radius 2 is 1.69 bits per heavy atom. The van der Waals surface area contributed by atoms with Crippen molar-refractivity contribution >= 4 is 23.1 Å². The number of morpholine rings is 1. The molecule has 26 heavy (non-hydrogen) atoms. The highest BCUT2D eigenvalue weighted by Gasteiger charge is 2.16. The molecular weight excluding hydrogens is 326 g/mol.